The Kier molecular flexibility index (Phi) is 12.3. The van der Waals surface area contributed by atoms with E-state index in [9.17, 15) is 14.4 Å². The molecule has 0 aliphatic heterocycles. The number of carbonyl (C=O) groups excluding carboxylic acids is 2. The Balaban J connectivity index is 3.63. The second kappa shape index (κ2) is 13.4. The lowest BCUT2D eigenvalue weighted by Crippen LogP contribution is -2.31. The predicted molar refractivity (Wildman–Crippen MR) is 73.7 cm³/mol. The zero-order valence-corrected chi connectivity index (χ0v) is 13.2. The summed E-state index contributed by atoms with van der Waals surface area (Å²) < 4.78 is 14.5. The van der Waals surface area contributed by atoms with Gasteiger partial charge in [-0.2, -0.15) is 0 Å². The lowest BCUT2D eigenvalue weighted by atomic mass is 10.3. The molecule has 0 bridgehead atoms. The molecule has 0 aromatic heterocycles. The van der Waals surface area contributed by atoms with Crippen molar-refractivity contribution in [1.29, 1.82) is 0 Å². The zero-order valence-electron chi connectivity index (χ0n) is 13.2. The maximum Gasteiger partial charge on any atom is 0.410 e. The number of nitrogens with one attached hydrogen (secondary N) is 1. The largest absolute Gasteiger partial charge is 0.481 e. The quantitative estimate of drug-likeness (QED) is 0.151. The van der Waals surface area contributed by atoms with Crippen LogP contribution in [-0.2, 0) is 28.6 Å². The van der Waals surface area contributed by atoms with Gasteiger partial charge in [0.15, 0.2) is 0 Å². The third-order valence-corrected chi connectivity index (χ3v) is 2.29. The van der Waals surface area contributed by atoms with Crippen molar-refractivity contribution in [2.75, 3.05) is 26.4 Å². The number of hydrogen-bond acceptors (Lipinski definition) is 10. The van der Waals surface area contributed by atoms with E-state index in [1.807, 2.05) is 0 Å². The summed E-state index contributed by atoms with van der Waals surface area (Å²) >= 11 is 0. The monoisotopic (exact) mass is 354 g/mol. The summed E-state index contributed by atoms with van der Waals surface area (Å²) in [5.74, 6) is -1.63. The molecule has 24 heavy (non-hydrogen) atoms. The number of hydrogen-bond donors (Lipinski definition) is 4. The molecule has 0 heterocycles. The van der Waals surface area contributed by atoms with E-state index in [4.69, 9.17) is 29.7 Å². The number of amides is 1. The van der Waals surface area contributed by atoms with Gasteiger partial charge >= 0.3 is 18.0 Å². The average Bonchev–Trinajstić information content (AvgIpc) is 2.46. The molecule has 1 amide bonds. The molecule has 0 spiro atoms. The first-order valence-electron chi connectivity index (χ1n) is 7.05. The molecule has 12 nitrogen and oxygen atoms in total. The Hall–Kier alpha value is -1.99. The van der Waals surface area contributed by atoms with Gasteiger partial charge < -0.3 is 24.6 Å². The van der Waals surface area contributed by atoms with Gasteiger partial charge in [0.05, 0.1) is 31.6 Å². The number of aliphatic carboxylic acids is 1. The van der Waals surface area contributed by atoms with Gasteiger partial charge in [0.2, 0.25) is 6.29 Å². The van der Waals surface area contributed by atoms with E-state index in [1.165, 1.54) is 6.92 Å². The first kappa shape index (κ1) is 22.0. The molecule has 0 radical (unpaired) electrons. The number of carboxylic acid groups (broad SMARTS) is 1. The number of nitrogens with zero attached hydrogens (tertiary/aromatic N) is 1. The summed E-state index contributed by atoms with van der Waals surface area (Å²) in [4.78, 5) is 37.2. The van der Waals surface area contributed by atoms with Crippen molar-refractivity contribution in [2.24, 2.45) is 0 Å². The molecule has 0 aromatic carbocycles. The number of alkyl carbamates (subject to hydrolysis) is 1. The van der Waals surface area contributed by atoms with Crippen molar-refractivity contribution < 1.29 is 49.0 Å². The number of carboxylic acids is 1. The van der Waals surface area contributed by atoms with Gasteiger partial charge in [-0.25, -0.2) is 9.63 Å². The third-order valence-electron chi connectivity index (χ3n) is 2.29. The Bertz CT molecular complexity index is 390. The first-order chi connectivity index (χ1) is 11.3. The van der Waals surface area contributed by atoms with E-state index in [2.05, 4.69) is 10.2 Å². The van der Waals surface area contributed by atoms with Crippen LogP contribution in [0.4, 0.5) is 4.79 Å². The Morgan fingerprint density at radius 2 is 1.79 bits per heavy atom. The molecular formula is C12H22N2O10. The highest BCUT2D eigenvalue weighted by molar-refractivity contribution is 5.70. The van der Waals surface area contributed by atoms with Crippen LogP contribution < -0.4 is 5.32 Å². The maximum absolute atomic E-state index is 11.4. The van der Waals surface area contributed by atoms with Crippen molar-refractivity contribution in [3.05, 3.63) is 0 Å². The van der Waals surface area contributed by atoms with Gasteiger partial charge in [0.1, 0.15) is 0 Å². The summed E-state index contributed by atoms with van der Waals surface area (Å²) in [6, 6.07) is 0. The number of ether oxygens (including phenoxy) is 3. The summed E-state index contributed by atoms with van der Waals surface area (Å²) in [6.07, 6.45) is -1.87. The Morgan fingerprint density at radius 1 is 1.08 bits per heavy atom. The van der Waals surface area contributed by atoms with E-state index < -0.39 is 29.7 Å². The second-order valence-electron chi connectivity index (χ2n) is 4.34. The fourth-order valence-corrected chi connectivity index (χ4v) is 1.33. The molecule has 1 atom stereocenters. The molecule has 0 fully saturated rings. The highest BCUT2D eigenvalue weighted by Gasteiger charge is 2.13. The van der Waals surface area contributed by atoms with E-state index in [-0.39, 0.29) is 45.6 Å². The van der Waals surface area contributed by atoms with Crippen molar-refractivity contribution in [3.8, 4) is 0 Å². The number of carbonyl (C=O) groups is 3. The standard InChI is InChI=1S/C12H22N2O10/c1-9(24-12(18)13-5-2-3-10(15)16)23-11(17)4-6-21-7-8-22-14(19)20/h9,19-20H,2-8H2,1H3,(H,13,18)(H,15,16). The van der Waals surface area contributed by atoms with Crippen molar-refractivity contribution >= 4 is 18.0 Å². The van der Waals surface area contributed by atoms with Crippen LogP contribution in [-0.4, -0.2) is 71.6 Å². The summed E-state index contributed by atoms with van der Waals surface area (Å²) in [7, 11) is 0. The smallest absolute Gasteiger partial charge is 0.410 e. The molecule has 0 rings (SSSR count). The maximum atomic E-state index is 11.4. The van der Waals surface area contributed by atoms with E-state index in [0.717, 1.165) is 0 Å². The molecule has 4 N–H and O–H groups in total. The summed E-state index contributed by atoms with van der Waals surface area (Å²) in [5.41, 5.74) is 0. The number of esters is 1. The molecule has 0 aromatic rings. The molecule has 140 valence electrons. The topological polar surface area (TPSA) is 164 Å². The highest BCUT2D eigenvalue weighted by Crippen LogP contribution is 1.98. The van der Waals surface area contributed by atoms with Gasteiger partial charge in [-0.05, 0) is 6.42 Å². The second-order valence-corrected chi connectivity index (χ2v) is 4.34. The Morgan fingerprint density at radius 3 is 2.42 bits per heavy atom. The van der Waals surface area contributed by atoms with E-state index >= 15 is 0 Å². The van der Waals surface area contributed by atoms with Crippen molar-refractivity contribution in [3.63, 3.8) is 0 Å². The molecule has 0 saturated carbocycles. The lowest BCUT2D eigenvalue weighted by Gasteiger charge is -2.14. The van der Waals surface area contributed by atoms with E-state index in [1.54, 1.807) is 0 Å². The number of rotatable bonds is 13. The van der Waals surface area contributed by atoms with Crippen LogP contribution in [0.25, 0.3) is 0 Å². The zero-order chi connectivity index (χ0) is 18.4. The average molecular weight is 354 g/mol. The first-order valence-corrected chi connectivity index (χ1v) is 7.05. The van der Waals surface area contributed by atoms with Crippen LogP contribution in [0.5, 0.6) is 0 Å². The SMILES string of the molecule is CC(OC(=O)CCOCCON(O)O)OC(=O)NCCCC(=O)O. The molecule has 0 aliphatic rings. The molecule has 1 unspecified atom stereocenters. The van der Waals surface area contributed by atoms with Gasteiger partial charge in [-0.3, -0.25) is 20.0 Å². The fraction of sp³-hybridized carbons (Fsp3) is 0.750. The minimum Gasteiger partial charge on any atom is -0.481 e. The minimum absolute atomic E-state index is 0.00710. The van der Waals surface area contributed by atoms with Crippen molar-refractivity contribution in [2.45, 2.75) is 32.5 Å². The van der Waals surface area contributed by atoms with Crippen molar-refractivity contribution in [1.82, 2.24) is 10.7 Å². The molecule has 0 saturated heterocycles. The molecule has 0 aliphatic carbocycles. The summed E-state index contributed by atoms with van der Waals surface area (Å²) in [5, 5.41) is 26.7. The predicted octanol–water partition coefficient (Wildman–Crippen LogP) is -0.115. The van der Waals surface area contributed by atoms with Crippen LogP contribution in [0.2, 0.25) is 0 Å². The minimum atomic E-state index is -1.11. The van der Waals surface area contributed by atoms with Gasteiger partial charge in [0, 0.05) is 19.9 Å². The lowest BCUT2D eigenvalue weighted by molar-refractivity contribution is -0.493. The van der Waals surface area contributed by atoms with Gasteiger partial charge in [0.25, 0.3) is 0 Å². The Labute approximate surface area is 137 Å². The van der Waals surface area contributed by atoms with E-state index in [0.29, 0.717) is 0 Å². The van der Waals surface area contributed by atoms with Gasteiger partial charge in [-0.15, -0.1) is 0 Å². The highest BCUT2D eigenvalue weighted by atomic mass is 17.1. The molecular weight excluding hydrogens is 332 g/mol. The van der Waals surface area contributed by atoms with Crippen LogP contribution in [0, 0.1) is 0 Å². The van der Waals surface area contributed by atoms with Gasteiger partial charge in [-0.1, -0.05) is 0 Å². The van der Waals surface area contributed by atoms with Crippen LogP contribution in [0.3, 0.4) is 0 Å². The fourth-order valence-electron chi connectivity index (χ4n) is 1.33. The normalized spacial score (nSPS) is 11.8. The molecule has 12 heteroatoms. The van der Waals surface area contributed by atoms with Crippen LogP contribution in [0.15, 0.2) is 0 Å². The van der Waals surface area contributed by atoms with Crippen LogP contribution in [0.1, 0.15) is 26.2 Å². The third kappa shape index (κ3) is 14.9. The summed E-state index contributed by atoms with van der Waals surface area (Å²) in [6.45, 7) is 1.38. The van der Waals surface area contributed by atoms with Crippen LogP contribution >= 0.6 is 0 Å².